The summed E-state index contributed by atoms with van der Waals surface area (Å²) in [6, 6.07) is 11.1. The highest BCUT2D eigenvalue weighted by atomic mass is 32.1. The quantitative estimate of drug-likeness (QED) is 0.651. The first-order valence-electron chi connectivity index (χ1n) is 7.64. The van der Waals surface area contributed by atoms with E-state index in [1.807, 2.05) is 53.6 Å². The molecule has 5 nitrogen and oxygen atoms in total. The second-order valence-electron chi connectivity index (χ2n) is 5.40. The van der Waals surface area contributed by atoms with Crippen molar-refractivity contribution in [1.82, 2.24) is 5.32 Å². The van der Waals surface area contributed by atoms with Gasteiger partial charge in [-0.2, -0.15) is 0 Å². The molecule has 0 amide bonds. The number of methoxy groups -OCH3 is 2. The number of allylic oxidation sites excluding steroid dienone is 1. The van der Waals surface area contributed by atoms with Gasteiger partial charge in [0.25, 0.3) is 0 Å². The van der Waals surface area contributed by atoms with Crippen LogP contribution in [0, 0.1) is 0 Å². The molecular weight excluding hydrogens is 356 g/mol. The van der Waals surface area contributed by atoms with E-state index >= 15 is 0 Å². The molecule has 1 aromatic heterocycles. The van der Waals surface area contributed by atoms with Crippen LogP contribution in [0.15, 0.2) is 53.0 Å². The van der Waals surface area contributed by atoms with Crippen LogP contribution in [0.5, 0.6) is 5.75 Å². The zero-order valence-electron chi connectivity index (χ0n) is 14.1. The van der Waals surface area contributed by atoms with Crippen molar-refractivity contribution < 1.29 is 14.3 Å². The second kappa shape index (κ2) is 7.25. The number of ether oxygens (including phenoxy) is 2. The van der Waals surface area contributed by atoms with Gasteiger partial charge in [-0.15, -0.1) is 11.3 Å². The van der Waals surface area contributed by atoms with Gasteiger partial charge in [0.15, 0.2) is 5.11 Å². The van der Waals surface area contributed by atoms with E-state index in [0.717, 1.165) is 16.3 Å². The normalized spacial score (nSPS) is 17.3. The Morgan fingerprint density at radius 3 is 2.64 bits per heavy atom. The minimum absolute atomic E-state index is 0.328. The van der Waals surface area contributed by atoms with Crippen LogP contribution in [-0.2, 0) is 9.53 Å². The minimum Gasteiger partial charge on any atom is -0.495 e. The number of rotatable bonds is 4. The molecule has 1 N–H and O–H groups in total. The van der Waals surface area contributed by atoms with E-state index in [0.29, 0.717) is 16.4 Å². The van der Waals surface area contributed by atoms with Crippen molar-refractivity contribution in [2.24, 2.45) is 0 Å². The fourth-order valence-electron chi connectivity index (χ4n) is 2.89. The van der Waals surface area contributed by atoms with Crippen molar-refractivity contribution in [2.75, 3.05) is 19.1 Å². The first-order valence-corrected chi connectivity index (χ1v) is 8.93. The number of hydrogen-bond acceptors (Lipinski definition) is 5. The summed E-state index contributed by atoms with van der Waals surface area (Å²) in [7, 11) is 2.99. The zero-order valence-corrected chi connectivity index (χ0v) is 15.7. The minimum atomic E-state index is -0.384. The Labute approximate surface area is 155 Å². The molecule has 130 valence electrons. The molecule has 1 aliphatic heterocycles. The van der Waals surface area contributed by atoms with Crippen LogP contribution in [-0.4, -0.2) is 25.3 Å². The van der Waals surface area contributed by atoms with Gasteiger partial charge in [-0.05, 0) is 42.7 Å². The van der Waals surface area contributed by atoms with Gasteiger partial charge in [0.2, 0.25) is 0 Å². The summed E-state index contributed by atoms with van der Waals surface area (Å²) in [4.78, 5) is 15.3. The molecule has 2 aromatic rings. The number of nitrogens with zero attached hydrogens (tertiary/aromatic N) is 1. The third kappa shape index (κ3) is 3.12. The summed E-state index contributed by atoms with van der Waals surface area (Å²) in [5.74, 6) is 0.288. The maximum absolute atomic E-state index is 12.5. The highest BCUT2D eigenvalue weighted by Gasteiger charge is 2.36. The third-order valence-electron chi connectivity index (χ3n) is 4.04. The van der Waals surface area contributed by atoms with Crippen LogP contribution in [0.25, 0.3) is 0 Å². The van der Waals surface area contributed by atoms with E-state index in [1.165, 1.54) is 7.11 Å². The number of thiophene rings is 1. The number of benzene rings is 1. The van der Waals surface area contributed by atoms with E-state index in [-0.39, 0.29) is 12.0 Å². The molecule has 0 radical (unpaired) electrons. The standard InChI is InChI=1S/C18H18N2O3S2/c1-11-15(17(21)23-3)16(14-9-6-10-25-14)19-18(24)20(11)12-7-4-5-8-13(12)22-2/h4-10,16H,1-3H3,(H,19,24)/t16-/m1/s1. The lowest BCUT2D eigenvalue weighted by atomic mass is 10.00. The average Bonchev–Trinajstić information content (AvgIpc) is 3.15. The maximum Gasteiger partial charge on any atom is 0.338 e. The predicted molar refractivity (Wildman–Crippen MR) is 103 cm³/mol. The van der Waals surface area contributed by atoms with Gasteiger partial charge in [-0.25, -0.2) is 4.79 Å². The Kier molecular flexibility index (Phi) is 5.06. The molecule has 7 heteroatoms. The molecule has 2 heterocycles. The molecule has 1 aliphatic rings. The molecule has 1 atom stereocenters. The highest BCUT2D eigenvalue weighted by Crippen LogP contribution is 2.38. The molecule has 1 aromatic carbocycles. The van der Waals surface area contributed by atoms with Crippen LogP contribution in [0.3, 0.4) is 0 Å². The number of thiocarbonyl (C=S) groups is 1. The number of carbonyl (C=O) groups excluding carboxylic acids is 1. The molecule has 0 fully saturated rings. The molecule has 0 bridgehead atoms. The van der Waals surface area contributed by atoms with Crippen molar-refractivity contribution in [1.29, 1.82) is 0 Å². The molecule has 3 rings (SSSR count). The number of para-hydroxylation sites is 2. The summed E-state index contributed by atoms with van der Waals surface area (Å²) in [6.07, 6.45) is 0. The SMILES string of the molecule is COC(=O)C1=C(C)N(c2ccccc2OC)C(=S)N[C@@H]1c1cccs1. The van der Waals surface area contributed by atoms with Gasteiger partial charge in [0.05, 0.1) is 31.5 Å². The molecule has 25 heavy (non-hydrogen) atoms. The number of carbonyl (C=O) groups is 1. The summed E-state index contributed by atoms with van der Waals surface area (Å²) in [5, 5.41) is 5.74. The van der Waals surface area contributed by atoms with Crippen LogP contribution in [0.1, 0.15) is 17.8 Å². The van der Waals surface area contributed by atoms with Crippen LogP contribution < -0.4 is 15.0 Å². The molecule has 0 aliphatic carbocycles. The van der Waals surface area contributed by atoms with Crippen LogP contribution in [0.2, 0.25) is 0 Å². The summed E-state index contributed by atoms with van der Waals surface area (Å²) >= 11 is 7.16. The number of hydrogen-bond donors (Lipinski definition) is 1. The first kappa shape index (κ1) is 17.4. The maximum atomic E-state index is 12.5. The topological polar surface area (TPSA) is 50.8 Å². The molecule has 0 saturated heterocycles. The average molecular weight is 374 g/mol. The van der Waals surface area contributed by atoms with Gasteiger partial charge in [-0.3, -0.25) is 4.90 Å². The van der Waals surface area contributed by atoms with E-state index in [4.69, 9.17) is 21.7 Å². The summed E-state index contributed by atoms with van der Waals surface area (Å²) in [5.41, 5.74) is 2.02. The lowest BCUT2D eigenvalue weighted by molar-refractivity contribution is -0.136. The van der Waals surface area contributed by atoms with E-state index in [2.05, 4.69) is 5.32 Å². The Morgan fingerprint density at radius 1 is 1.24 bits per heavy atom. The molecular formula is C18H18N2O3S2. The smallest absolute Gasteiger partial charge is 0.338 e. The Hall–Kier alpha value is -2.38. The van der Waals surface area contributed by atoms with Crippen molar-refractivity contribution in [3.63, 3.8) is 0 Å². The van der Waals surface area contributed by atoms with Gasteiger partial charge in [-0.1, -0.05) is 18.2 Å². The van der Waals surface area contributed by atoms with Gasteiger partial charge >= 0.3 is 5.97 Å². The number of esters is 1. The fraction of sp³-hybridized carbons (Fsp3) is 0.222. The van der Waals surface area contributed by atoms with Crippen molar-refractivity contribution in [3.8, 4) is 5.75 Å². The predicted octanol–water partition coefficient (Wildman–Crippen LogP) is 3.64. The molecule has 0 unspecified atom stereocenters. The van der Waals surface area contributed by atoms with E-state index in [9.17, 15) is 4.79 Å². The van der Waals surface area contributed by atoms with Crippen molar-refractivity contribution in [3.05, 3.63) is 57.9 Å². The Balaban J connectivity index is 2.16. The van der Waals surface area contributed by atoms with E-state index < -0.39 is 0 Å². The monoisotopic (exact) mass is 374 g/mol. The Bertz CT molecular complexity index is 831. The third-order valence-corrected chi connectivity index (χ3v) is 5.28. The second-order valence-corrected chi connectivity index (χ2v) is 6.76. The molecule has 0 spiro atoms. The lowest BCUT2D eigenvalue weighted by Gasteiger charge is -2.37. The van der Waals surface area contributed by atoms with Gasteiger partial charge < -0.3 is 14.8 Å². The fourth-order valence-corrected chi connectivity index (χ4v) is 4.03. The van der Waals surface area contributed by atoms with Crippen LogP contribution >= 0.6 is 23.6 Å². The highest BCUT2D eigenvalue weighted by molar-refractivity contribution is 7.80. The van der Waals surface area contributed by atoms with Crippen molar-refractivity contribution >= 4 is 40.3 Å². The summed E-state index contributed by atoms with van der Waals surface area (Å²) < 4.78 is 10.5. The number of nitrogens with one attached hydrogen (secondary N) is 1. The van der Waals surface area contributed by atoms with Gasteiger partial charge in [0.1, 0.15) is 5.75 Å². The van der Waals surface area contributed by atoms with E-state index in [1.54, 1.807) is 18.4 Å². The lowest BCUT2D eigenvalue weighted by Crippen LogP contribution is -2.48. The molecule has 0 saturated carbocycles. The van der Waals surface area contributed by atoms with Crippen molar-refractivity contribution in [2.45, 2.75) is 13.0 Å². The van der Waals surface area contributed by atoms with Crippen LogP contribution in [0.4, 0.5) is 5.69 Å². The summed E-state index contributed by atoms with van der Waals surface area (Å²) in [6.45, 7) is 1.87. The number of anilines is 1. The zero-order chi connectivity index (χ0) is 18.0. The first-order chi connectivity index (χ1) is 12.1. The van der Waals surface area contributed by atoms with Gasteiger partial charge in [0, 0.05) is 10.6 Å². The largest absolute Gasteiger partial charge is 0.495 e. The Morgan fingerprint density at radius 2 is 2.00 bits per heavy atom.